The molecular formula is C23H40N2. The van der Waals surface area contributed by atoms with Crippen LogP contribution in [0.5, 0.6) is 0 Å². The molecule has 1 aliphatic rings. The molecule has 1 heterocycles. The second kappa shape index (κ2) is 12.5. The first-order chi connectivity index (χ1) is 12.2. The van der Waals surface area contributed by atoms with Gasteiger partial charge in [-0.1, -0.05) is 50.6 Å². The molecule has 2 heteroatoms. The maximum atomic E-state index is 2.73. The van der Waals surface area contributed by atoms with Gasteiger partial charge in [-0.05, 0) is 95.7 Å². The minimum Gasteiger partial charge on any atom is -0.303 e. The largest absolute Gasteiger partial charge is 0.303 e. The highest BCUT2D eigenvalue weighted by Gasteiger charge is 2.11. The van der Waals surface area contributed by atoms with Crippen molar-refractivity contribution in [3.63, 3.8) is 0 Å². The first-order valence-electron chi connectivity index (χ1n) is 10.7. The van der Waals surface area contributed by atoms with Gasteiger partial charge in [0, 0.05) is 0 Å². The van der Waals surface area contributed by atoms with E-state index in [-0.39, 0.29) is 0 Å². The summed E-state index contributed by atoms with van der Waals surface area (Å²) in [5, 5.41) is 0. The molecule has 0 atom stereocenters. The van der Waals surface area contributed by atoms with E-state index in [1.165, 1.54) is 96.2 Å². The fourth-order valence-corrected chi connectivity index (χ4v) is 3.79. The Morgan fingerprint density at radius 1 is 0.880 bits per heavy atom. The van der Waals surface area contributed by atoms with Crippen LogP contribution >= 0.6 is 0 Å². The second-order valence-electron chi connectivity index (χ2n) is 8.22. The molecule has 1 aromatic rings. The van der Waals surface area contributed by atoms with E-state index in [0.717, 1.165) is 5.92 Å². The number of nitrogens with zero attached hydrogens (tertiary/aromatic N) is 2. The zero-order valence-electron chi connectivity index (χ0n) is 16.8. The minimum atomic E-state index is 0.814. The molecule has 25 heavy (non-hydrogen) atoms. The van der Waals surface area contributed by atoms with Gasteiger partial charge in [-0.2, -0.15) is 0 Å². The average molecular weight is 345 g/mol. The lowest BCUT2D eigenvalue weighted by molar-refractivity contribution is 0.197. The quantitative estimate of drug-likeness (QED) is 0.479. The number of aryl methyl sites for hydroxylation is 1. The van der Waals surface area contributed by atoms with Gasteiger partial charge in [0.1, 0.15) is 0 Å². The molecule has 0 bridgehead atoms. The van der Waals surface area contributed by atoms with Gasteiger partial charge in [0.25, 0.3) is 0 Å². The maximum absolute atomic E-state index is 2.73. The van der Waals surface area contributed by atoms with Gasteiger partial charge < -0.3 is 9.80 Å². The van der Waals surface area contributed by atoms with Crippen molar-refractivity contribution in [2.24, 2.45) is 5.92 Å². The summed E-state index contributed by atoms with van der Waals surface area (Å²) >= 11 is 0. The van der Waals surface area contributed by atoms with Crippen LogP contribution in [0, 0.1) is 5.92 Å². The van der Waals surface area contributed by atoms with Crippen LogP contribution in [0.3, 0.4) is 0 Å². The van der Waals surface area contributed by atoms with Gasteiger partial charge in [0.15, 0.2) is 0 Å². The predicted octanol–water partition coefficient (Wildman–Crippen LogP) is 5.23. The summed E-state index contributed by atoms with van der Waals surface area (Å²) < 4.78 is 0. The fourth-order valence-electron chi connectivity index (χ4n) is 3.79. The summed E-state index contributed by atoms with van der Waals surface area (Å²) in [5.74, 6) is 0.814. The third-order valence-electron chi connectivity index (χ3n) is 5.45. The Bertz CT molecular complexity index is 423. The summed E-state index contributed by atoms with van der Waals surface area (Å²) in [5.41, 5.74) is 1.49. The molecule has 0 aromatic heterocycles. The van der Waals surface area contributed by atoms with Crippen molar-refractivity contribution < 1.29 is 0 Å². The topological polar surface area (TPSA) is 6.48 Å². The average Bonchev–Trinajstić information content (AvgIpc) is 2.64. The normalized spacial score (nSPS) is 16.0. The Morgan fingerprint density at radius 3 is 2.32 bits per heavy atom. The first kappa shape index (κ1) is 20.5. The predicted molar refractivity (Wildman–Crippen MR) is 110 cm³/mol. The van der Waals surface area contributed by atoms with Crippen LogP contribution in [-0.4, -0.2) is 49.1 Å². The lowest BCUT2D eigenvalue weighted by atomic mass is 10.1. The van der Waals surface area contributed by atoms with Gasteiger partial charge in [-0.25, -0.2) is 0 Å². The number of piperidine rings is 1. The minimum absolute atomic E-state index is 0.814. The number of rotatable bonds is 12. The van der Waals surface area contributed by atoms with Gasteiger partial charge in [-0.3, -0.25) is 0 Å². The van der Waals surface area contributed by atoms with Crippen molar-refractivity contribution in [2.45, 2.75) is 65.2 Å². The Labute approximate surface area is 156 Å². The zero-order valence-corrected chi connectivity index (χ0v) is 16.8. The Hall–Kier alpha value is -0.860. The molecule has 0 unspecified atom stereocenters. The number of likely N-dealkylation sites (tertiary alicyclic amines) is 1. The maximum Gasteiger partial charge on any atom is -0.000655 e. The molecule has 2 nitrogen and oxygen atoms in total. The lowest BCUT2D eigenvalue weighted by Crippen LogP contribution is -2.34. The van der Waals surface area contributed by atoms with E-state index in [9.17, 15) is 0 Å². The summed E-state index contributed by atoms with van der Waals surface area (Å²) in [4.78, 5) is 5.41. The zero-order chi connectivity index (χ0) is 17.7. The van der Waals surface area contributed by atoms with E-state index in [1.807, 2.05) is 0 Å². The van der Waals surface area contributed by atoms with E-state index in [2.05, 4.69) is 54.0 Å². The van der Waals surface area contributed by atoms with E-state index < -0.39 is 0 Å². The molecule has 1 aromatic carbocycles. The summed E-state index contributed by atoms with van der Waals surface area (Å²) in [6, 6.07) is 10.9. The Balaban J connectivity index is 1.63. The van der Waals surface area contributed by atoms with Crippen LogP contribution in [0.2, 0.25) is 0 Å². The molecule has 1 aliphatic heterocycles. The Kier molecular flexibility index (Phi) is 10.2. The molecule has 0 saturated carbocycles. The second-order valence-corrected chi connectivity index (χ2v) is 8.22. The van der Waals surface area contributed by atoms with Crippen molar-refractivity contribution in [3.05, 3.63) is 35.9 Å². The van der Waals surface area contributed by atoms with E-state index in [1.54, 1.807) is 0 Å². The molecule has 0 spiro atoms. The molecule has 1 saturated heterocycles. The highest BCUT2D eigenvalue weighted by atomic mass is 15.1. The molecule has 0 N–H and O–H groups in total. The number of unbranched alkanes of at least 4 members (excludes halogenated alkanes) is 1. The number of hydrogen-bond donors (Lipinski definition) is 0. The molecule has 0 aliphatic carbocycles. The molecular weight excluding hydrogens is 304 g/mol. The van der Waals surface area contributed by atoms with Crippen molar-refractivity contribution >= 4 is 0 Å². The van der Waals surface area contributed by atoms with E-state index >= 15 is 0 Å². The van der Waals surface area contributed by atoms with Gasteiger partial charge in [-0.15, -0.1) is 0 Å². The summed E-state index contributed by atoms with van der Waals surface area (Å²) in [6.45, 7) is 12.5. The number of benzene rings is 1. The van der Waals surface area contributed by atoms with Crippen LogP contribution in [0.15, 0.2) is 30.3 Å². The highest BCUT2D eigenvalue weighted by molar-refractivity contribution is 5.14. The molecule has 2 rings (SSSR count). The monoisotopic (exact) mass is 344 g/mol. The number of hydrogen-bond acceptors (Lipinski definition) is 2. The van der Waals surface area contributed by atoms with E-state index in [4.69, 9.17) is 0 Å². The van der Waals surface area contributed by atoms with Crippen LogP contribution in [0.25, 0.3) is 0 Å². The van der Waals surface area contributed by atoms with Gasteiger partial charge in [0.05, 0.1) is 0 Å². The molecule has 142 valence electrons. The van der Waals surface area contributed by atoms with Crippen LogP contribution < -0.4 is 0 Å². The van der Waals surface area contributed by atoms with Gasteiger partial charge in [0.2, 0.25) is 0 Å². The standard InChI is InChI=1S/C23H40N2/c1-22(2)15-21-25(20-11-19-24-16-8-4-9-17-24)18-10-7-14-23-12-5-3-6-13-23/h3,5-6,12-13,22H,4,7-11,14-21H2,1-2H3. The SMILES string of the molecule is CC(C)CCN(CCCCc1ccccc1)CCCN1CCCCC1. The molecule has 0 amide bonds. The summed E-state index contributed by atoms with van der Waals surface area (Å²) in [7, 11) is 0. The smallest absolute Gasteiger partial charge is 0.000655 e. The third-order valence-corrected chi connectivity index (χ3v) is 5.45. The van der Waals surface area contributed by atoms with Gasteiger partial charge >= 0.3 is 0 Å². The summed E-state index contributed by atoms with van der Waals surface area (Å²) in [6.07, 6.45) is 10.8. The van der Waals surface area contributed by atoms with Crippen molar-refractivity contribution in [1.82, 2.24) is 9.80 Å². The van der Waals surface area contributed by atoms with Crippen LogP contribution in [-0.2, 0) is 6.42 Å². The van der Waals surface area contributed by atoms with Crippen molar-refractivity contribution in [3.8, 4) is 0 Å². The van der Waals surface area contributed by atoms with E-state index in [0.29, 0.717) is 0 Å². The fraction of sp³-hybridized carbons (Fsp3) is 0.739. The van der Waals surface area contributed by atoms with Crippen molar-refractivity contribution in [2.75, 3.05) is 39.3 Å². The lowest BCUT2D eigenvalue weighted by Gasteiger charge is -2.28. The highest BCUT2D eigenvalue weighted by Crippen LogP contribution is 2.11. The van der Waals surface area contributed by atoms with Crippen LogP contribution in [0.4, 0.5) is 0 Å². The molecule has 0 radical (unpaired) electrons. The Morgan fingerprint density at radius 2 is 1.60 bits per heavy atom. The molecule has 1 fully saturated rings. The van der Waals surface area contributed by atoms with Crippen LogP contribution in [0.1, 0.15) is 64.4 Å². The first-order valence-corrected chi connectivity index (χ1v) is 10.7. The van der Waals surface area contributed by atoms with Crippen molar-refractivity contribution in [1.29, 1.82) is 0 Å². The third kappa shape index (κ3) is 9.42.